The Morgan fingerprint density at radius 3 is 2.89 bits per heavy atom. The van der Waals surface area contributed by atoms with Gasteiger partial charge in [0.15, 0.2) is 0 Å². The second-order valence-electron chi connectivity index (χ2n) is 4.07. The molecule has 0 fully saturated rings. The van der Waals surface area contributed by atoms with E-state index in [2.05, 4.69) is 21.9 Å². The van der Waals surface area contributed by atoms with Crippen molar-refractivity contribution in [2.24, 2.45) is 0 Å². The smallest absolute Gasteiger partial charge is 0.335 e. The first-order chi connectivity index (χ1) is 8.58. The molecule has 0 aliphatic carbocycles. The first kappa shape index (κ1) is 12.0. The molecule has 92 valence electrons. The summed E-state index contributed by atoms with van der Waals surface area (Å²) in [6.45, 7) is 6.34. The third-order valence-electron chi connectivity index (χ3n) is 2.44. The highest BCUT2D eigenvalue weighted by atomic mass is 16.4. The highest BCUT2D eigenvalue weighted by Crippen LogP contribution is 2.20. The molecule has 2 aromatic rings. The maximum atomic E-state index is 10.9. The van der Waals surface area contributed by atoms with Crippen LogP contribution in [-0.4, -0.2) is 27.6 Å². The van der Waals surface area contributed by atoms with Crippen LogP contribution < -0.4 is 5.32 Å². The first-order valence-corrected chi connectivity index (χ1v) is 5.44. The lowest BCUT2D eigenvalue weighted by molar-refractivity contribution is 0.0697. The number of hydrogen-bond acceptors (Lipinski definition) is 4. The van der Waals surface area contributed by atoms with Crippen molar-refractivity contribution in [1.29, 1.82) is 0 Å². The van der Waals surface area contributed by atoms with Crippen molar-refractivity contribution in [3.05, 3.63) is 42.2 Å². The number of benzene rings is 1. The SMILES string of the molecule is C=C(C)CNc1ncnc2cc(C(=O)O)ccc12. The van der Waals surface area contributed by atoms with Gasteiger partial charge in [-0.05, 0) is 25.1 Å². The number of aromatic carboxylic acids is 1. The molecule has 0 spiro atoms. The Kier molecular flexibility index (Phi) is 3.23. The molecule has 0 aliphatic heterocycles. The molecule has 0 unspecified atom stereocenters. The maximum Gasteiger partial charge on any atom is 0.335 e. The van der Waals surface area contributed by atoms with E-state index >= 15 is 0 Å². The minimum absolute atomic E-state index is 0.215. The second-order valence-corrected chi connectivity index (χ2v) is 4.07. The fourth-order valence-corrected chi connectivity index (χ4v) is 1.57. The number of fused-ring (bicyclic) bond motifs is 1. The molecule has 1 heterocycles. The molecule has 0 amide bonds. The van der Waals surface area contributed by atoms with Crippen molar-refractivity contribution in [3.63, 3.8) is 0 Å². The zero-order valence-corrected chi connectivity index (χ0v) is 9.97. The molecule has 0 radical (unpaired) electrons. The second kappa shape index (κ2) is 4.83. The van der Waals surface area contributed by atoms with E-state index in [1.165, 1.54) is 12.4 Å². The molecule has 2 rings (SSSR count). The van der Waals surface area contributed by atoms with E-state index in [4.69, 9.17) is 5.11 Å². The van der Waals surface area contributed by atoms with Gasteiger partial charge in [-0.2, -0.15) is 0 Å². The lowest BCUT2D eigenvalue weighted by Gasteiger charge is -2.08. The van der Waals surface area contributed by atoms with Gasteiger partial charge in [-0.25, -0.2) is 14.8 Å². The zero-order chi connectivity index (χ0) is 13.1. The minimum atomic E-state index is -0.966. The lowest BCUT2D eigenvalue weighted by atomic mass is 10.1. The van der Waals surface area contributed by atoms with Gasteiger partial charge < -0.3 is 10.4 Å². The summed E-state index contributed by atoms with van der Waals surface area (Å²) in [6, 6.07) is 4.78. The minimum Gasteiger partial charge on any atom is -0.478 e. The quantitative estimate of drug-likeness (QED) is 0.806. The van der Waals surface area contributed by atoms with Crippen molar-refractivity contribution in [2.75, 3.05) is 11.9 Å². The normalized spacial score (nSPS) is 10.3. The number of carboxylic acids is 1. The predicted octanol–water partition coefficient (Wildman–Crippen LogP) is 2.32. The average Bonchev–Trinajstić information content (AvgIpc) is 2.35. The molecule has 0 saturated carbocycles. The number of carboxylic acid groups (broad SMARTS) is 1. The van der Waals surface area contributed by atoms with Gasteiger partial charge in [0.05, 0.1) is 11.1 Å². The molecule has 1 aromatic carbocycles. The lowest BCUT2D eigenvalue weighted by Crippen LogP contribution is -2.05. The molecule has 1 aromatic heterocycles. The Bertz CT molecular complexity index is 623. The van der Waals surface area contributed by atoms with Crippen molar-refractivity contribution < 1.29 is 9.90 Å². The van der Waals surface area contributed by atoms with E-state index in [9.17, 15) is 4.79 Å². The molecule has 5 nitrogen and oxygen atoms in total. The number of anilines is 1. The summed E-state index contributed by atoms with van der Waals surface area (Å²) in [5.74, 6) is -0.285. The van der Waals surface area contributed by atoms with Gasteiger partial charge in [-0.15, -0.1) is 0 Å². The van der Waals surface area contributed by atoms with Crippen molar-refractivity contribution >= 4 is 22.7 Å². The summed E-state index contributed by atoms with van der Waals surface area (Å²) >= 11 is 0. The Labute approximate surface area is 104 Å². The van der Waals surface area contributed by atoms with Crippen LogP contribution in [0.5, 0.6) is 0 Å². The van der Waals surface area contributed by atoms with Crippen LogP contribution in [0.1, 0.15) is 17.3 Å². The number of nitrogens with one attached hydrogen (secondary N) is 1. The van der Waals surface area contributed by atoms with Crippen molar-refractivity contribution in [3.8, 4) is 0 Å². The standard InChI is InChI=1S/C13H13N3O2/c1-8(2)6-14-12-10-4-3-9(13(17)18)5-11(10)15-7-16-12/h3-5,7H,1,6H2,2H3,(H,17,18)(H,14,15,16). The van der Waals surface area contributed by atoms with E-state index in [-0.39, 0.29) is 5.56 Å². The van der Waals surface area contributed by atoms with Gasteiger partial charge in [0.25, 0.3) is 0 Å². The van der Waals surface area contributed by atoms with Crippen LogP contribution in [0.15, 0.2) is 36.7 Å². The fourth-order valence-electron chi connectivity index (χ4n) is 1.57. The van der Waals surface area contributed by atoms with E-state index in [1.807, 2.05) is 6.92 Å². The number of aromatic nitrogens is 2. The van der Waals surface area contributed by atoms with Crippen LogP contribution in [-0.2, 0) is 0 Å². The third-order valence-corrected chi connectivity index (χ3v) is 2.44. The monoisotopic (exact) mass is 243 g/mol. The van der Waals surface area contributed by atoms with Crippen LogP contribution in [0.2, 0.25) is 0 Å². The Morgan fingerprint density at radius 1 is 1.44 bits per heavy atom. The number of hydrogen-bond donors (Lipinski definition) is 2. The van der Waals surface area contributed by atoms with Gasteiger partial charge in [0.1, 0.15) is 12.1 Å². The average molecular weight is 243 g/mol. The molecular weight excluding hydrogens is 230 g/mol. The van der Waals surface area contributed by atoms with Crippen molar-refractivity contribution in [2.45, 2.75) is 6.92 Å². The maximum absolute atomic E-state index is 10.9. The Hall–Kier alpha value is -2.43. The zero-order valence-electron chi connectivity index (χ0n) is 9.97. The molecule has 0 aliphatic rings. The summed E-state index contributed by atoms with van der Waals surface area (Å²) in [6.07, 6.45) is 1.41. The van der Waals surface area contributed by atoms with Crippen molar-refractivity contribution in [1.82, 2.24) is 9.97 Å². The molecule has 18 heavy (non-hydrogen) atoms. The van der Waals surface area contributed by atoms with Crippen LogP contribution in [0, 0.1) is 0 Å². The van der Waals surface area contributed by atoms with E-state index in [0.717, 1.165) is 11.0 Å². The third kappa shape index (κ3) is 2.45. The van der Waals surface area contributed by atoms with Crippen LogP contribution in [0.3, 0.4) is 0 Å². The van der Waals surface area contributed by atoms with Gasteiger partial charge in [-0.1, -0.05) is 12.2 Å². The molecular formula is C13H13N3O2. The molecule has 5 heteroatoms. The number of carbonyl (C=O) groups is 1. The molecule has 2 N–H and O–H groups in total. The van der Waals surface area contributed by atoms with E-state index < -0.39 is 5.97 Å². The first-order valence-electron chi connectivity index (χ1n) is 5.44. The summed E-state index contributed by atoms with van der Waals surface area (Å²) in [7, 11) is 0. The van der Waals surface area contributed by atoms with Crippen LogP contribution in [0.25, 0.3) is 10.9 Å². The van der Waals surface area contributed by atoms with Crippen LogP contribution >= 0.6 is 0 Å². The topological polar surface area (TPSA) is 75.1 Å². The van der Waals surface area contributed by atoms with E-state index in [0.29, 0.717) is 17.9 Å². The highest BCUT2D eigenvalue weighted by molar-refractivity contribution is 5.96. The summed E-state index contributed by atoms with van der Waals surface area (Å²) < 4.78 is 0. The Balaban J connectivity index is 2.43. The molecule has 0 bridgehead atoms. The summed E-state index contributed by atoms with van der Waals surface area (Å²) in [5.41, 5.74) is 1.81. The van der Waals surface area contributed by atoms with E-state index in [1.54, 1.807) is 12.1 Å². The van der Waals surface area contributed by atoms with Gasteiger partial charge in [0, 0.05) is 11.9 Å². The largest absolute Gasteiger partial charge is 0.478 e. The summed E-state index contributed by atoms with van der Waals surface area (Å²) in [5, 5.41) is 12.9. The van der Waals surface area contributed by atoms with Crippen LogP contribution in [0.4, 0.5) is 5.82 Å². The molecule has 0 atom stereocenters. The predicted molar refractivity (Wildman–Crippen MR) is 69.8 cm³/mol. The van der Waals surface area contributed by atoms with Gasteiger partial charge >= 0.3 is 5.97 Å². The van der Waals surface area contributed by atoms with Gasteiger partial charge in [0.2, 0.25) is 0 Å². The fraction of sp³-hybridized carbons (Fsp3) is 0.154. The summed E-state index contributed by atoms with van der Waals surface area (Å²) in [4.78, 5) is 19.1. The molecule has 0 saturated heterocycles. The highest BCUT2D eigenvalue weighted by Gasteiger charge is 2.07. The Morgan fingerprint density at radius 2 is 2.22 bits per heavy atom. The van der Waals surface area contributed by atoms with Gasteiger partial charge in [-0.3, -0.25) is 0 Å². The number of nitrogens with zero attached hydrogens (tertiary/aromatic N) is 2. The number of rotatable bonds is 4.